The zero-order valence-corrected chi connectivity index (χ0v) is 17.4. The van der Waals surface area contributed by atoms with Gasteiger partial charge in [-0.2, -0.15) is 9.78 Å². The third-order valence-corrected chi connectivity index (χ3v) is 5.41. The normalized spacial score (nSPS) is 10.9. The van der Waals surface area contributed by atoms with E-state index in [0.717, 1.165) is 0 Å². The van der Waals surface area contributed by atoms with E-state index in [1.165, 1.54) is 18.0 Å². The molecule has 7 nitrogen and oxygen atoms in total. The van der Waals surface area contributed by atoms with Crippen molar-refractivity contribution in [3.63, 3.8) is 0 Å². The average molecular weight is 444 g/mol. The van der Waals surface area contributed by atoms with Gasteiger partial charge < -0.3 is 14.0 Å². The van der Waals surface area contributed by atoms with Gasteiger partial charge >= 0.3 is 5.97 Å². The molecule has 2 aliphatic heterocycles. The van der Waals surface area contributed by atoms with Crippen LogP contribution in [0.5, 0.6) is 5.75 Å². The van der Waals surface area contributed by atoms with Gasteiger partial charge in [-0.1, -0.05) is 29.3 Å². The molecule has 4 rings (SSSR count). The molecule has 0 radical (unpaired) electrons. The van der Waals surface area contributed by atoms with E-state index >= 15 is 0 Å². The maximum Gasteiger partial charge on any atom is 0.341 e. The third kappa shape index (κ3) is 3.32. The molecule has 2 aliphatic rings. The van der Waals surface area contributed by atoms with Crippen LogP contribution < -0.4 is 10.3 Å². The van der Waals surface area contributed by atoms with Crippen LogP contribution in [0.3, 0.4) is 0 Å². The summed E-state index contributed by atoms with van der Waals surface area (Å²) in [5.41, 5.74) is 1.21. The molecule has 0 bridgehead atoms. The number of halogens is 2. The summed E-state index contributed by atoms with van der Waals surface area (Å²) in [6.45, 7) is 0. The van der Waals surface area contributed by atoms with Gasteiger partial charge in [0.2, 0.25) is 0 Å². The lowest BCUT2D eigenvalue weighted by Gasteiger charge is -2.13. The first-order valence-electron chi connectivity index (χ1n) is 8.76. The number of hydrogen-bond acceptors (Lipinski definition) is 5. The van der Waals surface area contributed by atoms with E-state index in [9.17, 15) is 9.59 Å². The number of methoxy groups -OCH3 is 2. The van der Waals surface area contributed by atoms with Crippen LogP contribution in [0.15, 0.2) is 59.7 Å². The van der Waals surface area contributed by atoms with Crippen molar-refractivity contribution in [2.75, 3.05) is 14.2 Å². The van der Waals surface area contributed by atoms with Crippen molar-refractivity contribution in [2.24, 2.45) is 0 Å². The fourth-order valence-corrected chi connectivity index (χ4v) is 3.49. The minimum atomic E-state index is -0.633. The Balaban J connectivity index is 1.98. The molecule has 0 saturated heterocycles. The highest BCUT2D eigenvalue weighted by Crippen LogP contribution is 2.31. The van der Waals surface area contributed by atoms with Gasteiger partial charge in [0.15, 0.2) is 0 Å². The van der Waals surface area contributed by atoms with Crippen molar-refractivity contribution >= 4 is 29.2 Å². The Morgan fingerprint density at radius 2 is 1.77 bits per heavy atom. The second-order valence-corrected chi connectivity index (χ2v) is 7.11. The Bertz CT molecular complexity index is 1280. The predicted molar refractivity (Wildman–Crippen MR) is 114 cm³/mol. The molecule has 0 fully saturated rings. The third-order valence-electron chi connectivity index (χ3n) is 4.60. The van der Waals surface area contributed by atoms with E-state index in [0.29, 0.717) is 22.1 Å². The van der Waals surface area contributed by atoms with Gasteiger partial charge in [0.1, 0.15) is 17.0 Å². The molecule has 2 aromatic carbocycles. The first kappa shape index (κ1) is 20.0. The molecule has 0 atom stereocenters. The highest BCUT2D eigenvalue weighted by Gasteiger charge is 2.25. The second-order valence-electron chi connectivity index (χ2n) is 6.32. The molecule has 152 valence electrons. The number of rotatable bonds is 4. The average Bonchev–Trinajstić information content (AvgIpc) is 3.11. The number of carbonyl (C=O) groups is 1. The van der Waals surface area contributed by atoms with Crippen LogP contribution >= 0.6 is 23.2 Å². The quantitative estimate of drug-likeness (QED) is 0.441. The Hall–Kier alpha value is -3.29. The van der Waals surface area contributed by atoms with E-state index < -0.39 is 11.5 Å². The van der Waals surface area contributed by atoms with Crippen LogP contribution in [0.1, 0.15) is 10.4 Å². The number of ether oxygens (including phenoxy) is 2. The summed E-state index contributed by atoms with van der Waals surface area (Å²) in [4.78, 5) is 25.6. The number of hydrogen-bond donors (Lipinski definition) is 0. The lowest BCUT2D eigenvalue weighted by atomic mass is 10.1. The van der Waals surface area contributed by atoms with E-state index in [1.54, 1.807) is 60.3 Å². The number of fused-ring (bicyclic) bond motifs is 1. The molecule has 2 heterocycles. The Labute approximate surface area is 181 Å². The number of aromatic nitrogens is 3. The van der Waals surface area contributed by atoms with Crippen LogP contribution in [-0.4, -0.2) is 34.5 Å². The van der Waals surface area contributed by atoms with Gasteiger partial charge in [0.05, 0.1) is 41.2 Å². The predicted octanol–water partition coefficient (Wildman–Crippen LogP) is 4.23. The van der Waals surface area contributed by atoms with Gasteiger partial charge in [0.25, 0.3) is 5.56 Å². The molecule has 0 aliphatic carbocycles. The lowest BCUT2D eigenvalue weighted by Crippen LogP contribution is -2.15. The minimum absolute atomic E-state index is 0.121. The minimum Gasteiger partial charge on any atom is -0.497 e. The second kappa shape index (κ2) is 7.85. The molecule has 0 aromatic heterocycles. The first-order chi connectivity index (χ1) is 14.4. The van der Waals surface area contributed by atoms with Gasteiger partial charge in [-0.3, -0.25) is 4.79 Å². The van der Waals surface area contributed by atoms with Crippen LogP contribution in [0.2, 0.25) is 10.0 Å². The summed E-state index contributed by atoms with van der Waals surface area (Å²) < 4.78 is 12.8. The van der Waals surface area contributed by atoms with E-state index in [-0.39, 0.29) is 21.8 Å². The maximum absolute atomic E-state index is 13.1. The lowest BCUT2D eigenvalue weighted by molar-refractivity contribution is 0.0600. The van der Waals surface area contributed by atoms with Crippen molar-refractivity contribution in [3.8, 4) is 28.4 Å². The van der Waals surface area contributed by atoms with E-state index in [2.05, 4.69) is 5.10 Å². The number of esters is 1. The molecule has 30 heavy (non-hydrogen) atoms. The largest absolute Gasteiger partial charge is 0.497 e. The van der Waals surface area contributed by atoms with Crippen LogP contribution in [-0.2, 0) is 4.74 Å². The fraction of sp³-hybridized carbons (Fsp3) is 0.0952. The Kier molecular flexibility index (Phi) is 5.24. The van der Waals surface area contributed by atoms with Crippen molar-refractivity contribution in [1.29, 1.82) is 0 Å². The maximum atomic E-state index is 13.1. The topological polar surface area (TPSA) is 75.3 Å². The van der Waals surface area contributed by atoms with Crippen LogP contribution in [0.25, 0.3) is 22.6 Å². The summed E-state index contributed by atoms with van der Waals surface area (Å²) >= 11 is 12.5. The van der Waals surface area contributed by atoms with Crippen molar-refractivity contribution in [1.82, 2.24) is 14.3 Å². The number of benzene rings is 2. The molecule has 0 spiro atoms. The number of pyridine rings is 1. The molecular formula is C21H15Cl2N3O4. The number of carbonyl (C=O) groups excluding carboxylic acids is 1. The molecule has 9 heteroatoms. The summed E-state index contributed by atoms with van der Waals surface area (Å²) in [7, 11) is 2.81. The Morgan fingerprint density at radius 3 is 2.43 bits per heavy atom. The summed E-state index contributed by atoms with van der Waals surface area (Å²) in [6, 6.07) is 11.9. The van der Waals surface area contributed by atoms with Crippen molar-refractivity contribution < 1.29 is 14.3 Å². The summed E-state index contributed by atoms with van der Waals surface area (Å²) in [6.07, 6.45) is 3.07. The SMILES string of the molecule is COC(=O)c1cn(-c2cccc(Cl)c2Cl)cc2c(=O)n(-c3ccc(OC)cc3)nc1-2. The molecule has 0 unspecified atom stereocenters. The van der Waals surface area contributed by atoms with Crippen molar-refractivity contribution in [2.45, 2.75) is 0 Å². The molecule has 0 amide bonds. The highest BCUT2D eigenvalue weighted by atomic mass is 35.5. The highest BCUT2D eigenvalue weighted by molar-refractivity contribution is 6.43. The van der Waals surface area contributed by atoms with Gasteiger partial charge in [-0.05, 0) is 36.4 Å². The Morgan fingerprint density at radius 1 is 1.03 bits per heavy atom. The zero-order chi connectivity index (χ0) is 21.4. The zero-order valence-electron chi connectivity index (χ0n) is 15.9. The van der Waals surface area contributed by atoms with Crippen LogP contribution in [0.4, 0.5) is 0 Å². The fourth-order valence-electron chi connectivity index (χ4n) is 3.10. The van der Waals surface area contributed by atoms with Gasteiger partial charge in [0, 0.05) is 12.4 Å². The van der Waals surface area contributed by atoms with Gasteiger partial charge in [-0.15, -0.1) is 0 Å². The van der Waals surface area contributed by atoms with Crippen LogP contribution in [0, 0.1) is 0 Å². The number of nitrogens with zero attached hydrogens (tertiary/aromatic N) is 3. The molecule has 0 saturated carbocycles. The molecule has 2 aromatic rings. The van der Waals surface area contributed by atoms with Gasteiger partial charge in [-0.25, -0.2) is 4.79 Å². The first-order valence-corrected chi connectivity index (χ1v) is 9.52. The van der Waals surface area contributed by atoms with Crippen molar-refractivity contribution in [3.05, 3.63) is 80.8 Å². The monoisotopic (exact) mass is 443 g/mol. The summed E-state index contributed by atoms with van der Waals surface area (Å²) in [5, 5.41) is 5.00. The molecular weight excluding hydrogens is 429 g/mol. The van der Waals surface area contributed by atoms with E-state index in [4.69, 9.17) is 32.7 Å². The standard InChI is InChI=1S/C21H15Cl2N3O4/c1-29-13-8-6-12(7-9-13)26-20(27)14-10-25(17-5-3-4-16(22)18(17)23)11-15(19(14)24-26)21(28)30-2/h3-11H,1-2H3. The summed E-state index contributed by atoms with van der Waals surface area (Å²) in [5.74, 6) is 0.0125. The smallest absolute Gasteiger partial charge is 0.341 e. The van der Waals surface area contributed by atoms with E-state index in [1.807, 2.05) is 0 Å². The molecule has 0 N–H and O–H groups in total.